The number of aromatic nitrogens is 2. The number of aliphatic hydroxyl groups excluding tert-OH is 1. The summed E-state index contributed by atoms with van der Waals surface area (Å²) in [6.45, 7) is 9.01. The molecule has 7 heteroatoms. The lowest BCUT2D eigenvalue weighted by atomic mass is 9.92. The third kappa shape index (κ3) is 4.63. The molecule has 1 unspecified atom stereocenters. The Morgan fingerprint density at radius 3 is 2.38 bits per heavy atom. The van der Waals surface area contributed by atoms with E-state index in [4.69, 9.17) is 0 Å². The maximum Gasteiger partial charge on any atom is 0.317 e. The standard InChI is InChI=1S/C19H31N5O2/c1-13-12-18(21-15(3)20-13)23-10-6-17(7-11-23)22-19(26)24-8-4-16(5-9-24)14(2)25/h12,14,16-17,25H,4-11H2,1-3H3,(H,22,26). The first-order chi connectivity index (χ1) is 12.4. The molecule has 2 saturated heterocycles. The highest BCUT2D eigenvalue weighted by Crippen LogP contribution is 2.22. The molecule has 1 aromatic rings. The number of carbonyl (C=O) groups is 1. The molecule has 0 radical (unpaired) electrons. The Labute approximate surface area is 155 Å². The zero-order valence-electron chi connectivity index (χ0n) is 16.1. The van der Waals surface area contributed by atoms with Gasteiger partial charge in [0.1, 0.15) is 11.6 Å². The maximum absolute atomic E-state index is 12.5. The van der Waals surface area contributed by atoms with Crippen molar-refractivity contribution in [2.24, 2.45) is 5.92 Å². The molecular formula is C19H31N5O2. The third-order valence-corrected chi connectivity index (χ3v) is 5.61. The number of carbonyl (C=O) groups excluding carboxylic acids is 1. The second-order valence-corrected chi connectivity index (χ2v) is 7.69. The number of aliphatic hydroxyl groups is 1. The second-order valence-electron chi connectivity index (χ2n) is 7.69. The van der Waals surface area contributed by atoms with E-state index < -0.39 is 0 Å². The molecule has 0 aromatic carbocycles. The number of urea groups is 1. The summed E-state index contributed by atoms with van der Waals surface area (Å²) in [6.07, 6.45) is 3.35. The van der Waals surface area contributed by atoms with Gasteiger partial charge in [0.05, 0.1) is 6.10 Å². The molecule has 0 bridgehead atoms. The molecule has 2 N–H and O–H groups in total. The van der Waals surface area contributed by atoms with Crippen molar-refractivity contribution in [3.8, 4) is 0 Å². The van der Waals surface area contributed by atoms with E-state index in [1.807, 2.05) is 31.7 Å². The van der Waals surface area contributed by atoms with Crippen LogP contribution in [0.15, 0.2) is 6.07 Å². The molecule has 3 rings (SSSR count). The number of anilines is 1. The molecular weight excluding hydrogens is 330 g/mol. The van der Waals surface area contributed by atoms with Gasteiger partial charge in [-0.1, -0.05) is 0 Å². The molecule has 0 saturated carbocycles. The normalized spacial score (nSPS) is 20.9. The lowest BCUT2D eigenvalue weighted by Crippen LogP contribution is -2.51. The first-order valence-electron chi connectivity index (χ1n) is 9.73. The van der Waals surface area contributed by atoms with E-state index in [1.54, 1.807) is 0 Å². The number of hydrogen-bond donors (Lipinski definition) is 2. The fourth-order valence-electron chi connectivity index (χ4n) is 3.96. The quantitative estimate of drug-likeness (QED) is 0.859. The van der Waals surface area contributed by atoms with E-state index in [0.717, 1.165) is 69.2 Å². The molecule has 7 nitrogen and oxygen atoms in total. The largest absolute Gasteiger partial charge is 0.393 e. The lowest BCUT2D eigenvalue weighted by molar-refractivity contribution is 0.0791. The highest BCUT2D eigenvalue weighted by molar-refractivity contribution is 5.74. The summed E-state index contributed by atoms with van der Waals surface area (Å²) in [5.41, 5.74) is 0.989. The number of hydrogen-bond acceptors (Lipinski definition) is 5. The minimum absolute atomic E-state index is 0.0428. The Morgan fingerprint density at radius 2 is 1.81 bits per heavy atom. The molecule has 2 fully saturated rings. The molecule has 0 spiro atoms. The predicted molar refractivity (Wildman–Crippen MR) is 101 cm³/mol. The minimum atomic E-state index is -0.279. The van der Waals surface area contributed by atoms with E-state index in [-0.39, 0.29) is 18.2 Å². The van der Waals surface area contributed by atoms with Crippen molar-refractivity contribution >= 4 is 11.8 Å². The van der Waals surface area contributed by atoms with Gasteiger partial charge in [-0.25, -0.2) is 14.8 Å². The Hall–Kier alpha value is -1.89. The highest BCUT2D eigenvalue weighted by Gasteiger charge is 2.28. The van der Waals surface area contributed by atoms with Crippen molar-refractivity contribution in [2.45, 2.75) is 58.6 Å². The average Bonchev–Trinajstić information content (AvgIpc) is 2.61. The van der Waals surface area contributed by atoms with Crippen molar-refractivity contribution in [2.75, 3.05) is 31.1 Å². The smallest absolute Gasteiger partial charge is 0.317 e. The molecule has 2 aliphatic heterocycles. The first kappa shape index (κ1) is 18.9. The summed E-state index contributed by atoms with van der Waals surface area (Å²) in [6, 6.07) is 2.29. The molecule has 2 aliphatic rings. The average molecular weight is 361 g/mol. The molecule has 0 aliphatic carbocycles. The summed E-state index contributed by atoms with van der Waals surface area (Å²) in [4.78, 5) is 25.5. The topological polar surface area (TPSA) is 81.6 Å². The highest BCUT2D eigenvalue weighted by atomic mass is 16.3. The monoisotopic (exact) mass is 361 g/mol. The van der Waals surface area contributed by atoms with Crippen LogP contribution >= 0.6 is 0 Å². The zero-order chi connectivity index (χ0) is 18.7. The van der Waals surface area contributed by atoms with Crippen LogP contribution in [0.3, 0.4) is 0 Å². The minimum Gasteiger partial charge on any atom is -0.393 e. The summed E-state index contributed by atoms with van der Waals surface area (Å²) < 4.78 is 0. The summed E-state index contributed by atoms with van der Waals surface area (Å²) in [5, 5.41) is 12.9. The molecule has 1 atom stereocenters. The lowest BCUT2D eigenvalue weighted by Gasteiger charge is -2.37. The maximum atomic E-state index is 12.5. The number of piperidine rings is 2. The van der Waals surface area contributed by atoms with Gasteiger partial charge in [0.15, 0.2) is 0 Å². The van der Waals surface area contributed by atoms with E-state index in [1.165, 1.54) is 0 Å². The summed E-state index contributed by atoms with van der Waals surface area (Å²) in [5.74, 6) is 2.11. The van der Waals surface area contributed by atoms with Gasteiger partial charge < -0.3 is 20.2 Å². The van der Waals surface area contributed by atoms with E-state index in [0.29, 0.717) is 5.92 Å². The van der Waals surface area contributed by atoms with Crippen molar-refractivity contribution in [3.63, 3.8) is 0 Å². The van der Waals surface area contributed by atoms with Crippen molar-refractivity contribution in [1.29, 1.82) is 0 Å². The van der Waals surface area contributed by atoms with Crippen LogP contribution in [0.25, 0.3) is 0 Å². The van der Waals surface area contributed by atoms with Crippen LogP contribution in [0.4, 0.5) is 10.6 Å². The number of aryl methyl sites for hydroxylation is 2. The fraction of sp³-hybridized carbons (Fsp3) is 0.737. The van der Waals surface area contributed by atoms with Gasteiger partial charge in [-0.15, -0.1) is 0 Å². The Morgan fingerprint density at radius 1 is 1.15 bits per heavy atom. The van der Waals surface area contributed by atoms with Gasteiger partial charge in [0, 0.05) is 44.0 Å². The van der Waals surface area contributed by atoms with Crippen molar-refractivity contribution < 1.29 is 9.90 Å². The van der Waals surface area contributed by atoms with Gasteiger partial charge in [-0.2, -0.15) is 0 Å². The van der Waals surface area contributed by atoms with Crippen LogP contribution in [-0.4, -0.2) is 64.3 Å². The molecule has 144 valence electrons. The van der Waals surface area contributed by atoms with Gasteiger partial charge in [0.25, 0.3) is 0 Å². The van der Waals surface area contributed by atoms with Crippen molar-refractivity contribution in [3.05, 3.63) is 17.6 Å². The predicted octanol–water partition coefficient (Wildman–Crippen LogP) is 1.86. The van der Waals surface area contributed by atoms with Crippen LogP contribution in [0.5, 0.6) is 0 Å². The fourth-order valence-corrected chi connectivity index (χ4v) is 3.96. The van der Waals surface area contributed by atoms with E-state index in [2.05, 4.69) is 20.2 Å². The van der Waals surface area contributed by atoms with Gasteiger partial charge in [0.2, 0.25) is 0 Å². The SMILES string of the molecule is Cc1cc(N2CCC(NC(=O)N3CCC(C(C)O)CC3)CC2)nc(C)n1. The molecule has 2 amide bonds. The van der Waals surface area contributed by atoms with Crippen LogP contribution in [0.1, 0.15) is 44.1 Å². The van der Waals surface area contributed by atoms with Crippen molar-refractivity contribution in [1.82, 2.24) is 20.2 Å². The summed E-state index contributed by atoms with van der Waals surface area (Å²) in [7, 11) is 0. The first-order valence-corrected chi connectivity index (χ1v) is 9.73. The van der Waals surface area contributed by atoms with E-state index in [9.17, 15) is 9.90 Å². The van der Waals surface area contributed by atoms with Gasteiger partial charge in [-0.05, 0) is 52.4 Å². The van der Waals surface area contributed by atoms with Crippen LogP contribution < -0.4 is 10.2 Å². The second kappa shape index (κ2) is 8.20. The van der Waals surface area contributed by atoms with Gasteiger partial charge >= 0.3 is 6.03 Å². The Bertz CT molecular complexity index is 600. The zero-order valence-corrected chi connectivity index (χ0v) is 16.1. The molecule has 1 aromatic heterocycles. The number of nitrogens with one attached hydrogen (secondary N) is 1. The Kier molecular flexibility index (Phi) is 5.96. The molecule has 3 heterocycles. The van der Waals surface area contributed by atoms with Crippen LogP contribution in [0.2, 0.25) is 0 Å². The van der Waals surface area contributed by atoms with Gasteiger partial charge in [-0.3, -0.25) is 0 Å². The Balaban J connectivity index is 1.46. The van der Waals surface area contributed by atoms with E-state index >= 15 is 0 Å². The molecule has 26 heavy (non-hydrogen) atoms. The number of likely N-dealkylation sites (tertiary alicyclic amines) is 1. The summed E-state index contributed by atoms with van der Waals surface area (Å²) >= 11 is 0. The van der Waals surface area contributed by atoms with Crippen LogP contribution in [0, 0.1) is 19.8 Å². The number of amides is 2. The number of nitrogens with zero attached hydrogens (tertiary/aromatic N) is 4. The third-order valence-electron chi connectivity index (χ3n) is 5.61. The number of rotatable bonds is 3. The van der Waals surface area contributed by atoms with Crippen LogP contribution in [-0.2, 0) is 0 Å².